The molecular formula is C11H17N3. The molecule has 0 aromatic carbocycles. The van der Waals surface area contributed by atoms with E-state index in [1.165, 1.54) is 5.57 Å². The highest BCUT2D eigenvalue weighted by Crippen LogP contribution is 2.12. The van der Waals surface area contributed by atoms with Crippen LogP contribution in [0.4, 0.5) is 0 Å². The van der Waals surface area contributed by atoms with Crippen molar-refractivity contribution in [2.75, 3.05) is 0 Å². The van der Waals surface area contributed by atoms with E-state index in [0.717, 1.165) is 18.7 Å². The van der Waals surface area contributed by atoms with Crippen LogP contribution in [0.3, 0.4) is 0 Å². The Morgan fingerprint density at radius 1 is 1.29 bits per heavy atom. The first-order valence-electron chi connectivity index (χ1n) is 5.07. The molecule has 0 fully saturated rings. The standard InChI is InChI=1S/C9H11N3.C2H6/c1-8-2-3-9(11-6-8)12-5-4-10-7-12;1-2/h4-7H,2-3H2,1H3;1-2H3. The predicted octanol–water partition coefficient (Wildman–Crippen LogP) is 2.85. The van der Waals surface area contributed by atoms with Gasteiger partial charge in [0.2, 0.25) is 0 Å². The number of aliphatic imine (C=N–C) groups is 1. The van der Waals surface area contributed by atoms with Gasteiger partial charge in [-0.15, -0.1) is 0 Å². The lowest BCUT2D eigenvalue weighted by atomic mass is 10.1. The second-order valence-corrected chi connectivity index (χ2v) is 2.99. The van der Waals surface area contributed by atoms with E-state index in [4.69, 9.17) is 0 Å². The minimum absolute atomic E-state index is 1.01. The Bertz CT molecular complexity index is 320. The van der Waals surface area contributed by atoms with Crippen LogP contribution in [0, 0.1) is 0 Å². The van der Waals surface area contributed by atoms with Crippen molar-refractivity contribution in [1.29, 1.82) is 0 Å². The first kappa shape index (κ1) is 10.7. The molecule has 76 valence electrons. The molecular weight excluding hydrogens is 174 g/mol. The fourth-order valence-corrected chi connectivity index (χ4v) is 1.23. The van der Waals surface area contributed by atoms with Crippen molar-refractivity contribution in [3.05, 3.63) is 30.5 Å². The number of aromatic nitrogens is 2. The fourth-order valence-electron chi connectivity index (χ4n) is 1.23. The topological polar surface area (TPSA) is 30.2 Å². The van der Waals surface area contributed by atoms with Crippen molar-refractivity contribution < 1.29 is 0 Å². The van der Waals surface area contributed by atoms with Crippen LogP contribution in [-0.2, 0) is 0 Å². The summed E-state index contributed by atoms with van der Waals surface area (Å²) in [5.74, 6) is 1.08. The number of rotatable bonds is 0. The van der Waals surface area contributed by atoms with Crippen LogP contribution in [0.5, 0.6) is 0 Å². The highest BCUT2D eigenvalue weighted by Gasteiger charge is 2.05. The van der Waals surface area contributed by atoms with Crippen LogP contribution < -0.4 is 0 Å². The molecule has 1 aromatic heterocycles. The van der Waals surface area contributed by atoms with Crippen LogP contribution in [0.25, 0.3) is 0 Å². The van der Waals surface area contributed by atoms with Crippen molar-refractivity contribution in [2.45, 2.75) is 33.6 Å². The molecule has 1 aliphatic rings. The average molecular weight is 191 g/mol. The number of allylic oxidation sites excluding steroid dienone is 1. The lowest BCUT2D eigenvalue weighted by molar-refractivity contribution is 0.921. The van der Waals surface area contributed by atoms with E-state index in [2.05, 4.69) is 16.9 Å². The zero-order valence-electron chi connectivity index (χ0n) is 9.07. The van der Waals surface area contributed by atoms with Crippen molar-refractivity contribution in [1.82, 2.24) is 9.55 Å². The largest absolute Gasteiger partial charge is 0.294 e. The molecule has 0 radical (unpaired) electrons. The van der Waals surface area contributed by atoms with Crippen LogP contribution in [0.1, 0.15) is 33.6 Å². The molecule has 0 atom stereocenters. The fraction of sp³-hybridized carbons (Fsp3) is 0.455. The summed E-state index contributed by atoms with van der Waals surface area (Å²) in [4.78, 5) is 8.31. The molecule has 0 amide bonds. The summed E-state index contributed by atoms with van der Waals surface area (Å²) >= 11 is 0. The smallest absolute Gasteiger partial charge is 0.114 e. The Balaban J connectivity index is 0.000000461. The maximum absolute atomic E-state index is 4.33. The van der Waals surface area contributed by atoms with E-state index in [9.17, 15) is 0 Å². The summed E-state index contributed by atoms with van der Waals surface area (Å²) in [7, 11) is 0. The third-order valence-electron chi connectivity index (χ3n) is 1.98. The van der Waals surface area contributed by atoms with Gasteiger partial charge in [-0.2, -0.15) is 0 Å². The van der Waals surface area contributed by atoms with Crippen LogP contribution in [0.2, 0.25) is 0 Å². The number of hydrogen-bond donors (Lipinski definition) is 0. The Hall–Kier alpha value is -1.38. The molecule has 0 bridgehead atoms. The first-order valence-corrected chi connectivity index (χ1v) is 5.07. The quantitative estimate of drug-likeness (QED) is 0.620. The Kier molecular flexibility index (Phi) is 4.11. The average Bonchev–Trinajstić information content (AvgIpc) is 2.75. The SMILES string of the molecule is CC.CC1=CN=C(n2ccnc2)CC1. The van der Waals surface area contributed by atoms with E-state index in [1.54, 1.807) is 12.5 Å². The van der Waals surface area contributed by atoms with Crippen LogP contribution in [0.15, 0.2) is 35.5 Å². The summed E-state index contributed by atoms with van der Waals surface area (Å²) in [6, 6.07) is 0. The zero-order chi connectivity index (χ0) is 10.4. The molecule has 1 aromatic rings. The summed E-state index contributed by atoms with van der Waals surface area (Å²) in [6.07, 6.45) is 9.53. The monoisotopic (exact) mass is 191 g/mol. The number of imidazole rings is 1. The van der Waals surface area contributed by atoms with E-state index < -0.39 is 0 Å². The molecule has 14 heavy (non-hydrogen) atoms. The lowest BCUT2D eigenvalue weighted by Crippen LogP contribution is -2.11. The van der Waals surface area contributed by atoms with Gasteiger partial charge in [-0.05, 0) is 13.3 Å². The Labute approximate surface area is 85.2 Å². The van der Waals surface area contributed by atoms with E-state index in [-0.39, 0.29) is 0 Å². The first-order chi connectivity index (χ1) is 6.86. The molecule has 1 aliphatic heterocycles. The van der Waals surface area contributed by atoms with Gasteiger partial charge in [0.25, 0.3) is 0 Å². The summed E-state index contributed by atoms with van der Waals surface area (Å²) in [5, 5.41) is 0. The van der Waals surface area contributed by atoms with Gasteiger partial charge in [-0.1, -0.05) is 19.4 Å². The molecule has 0 saturated carbocycles. The highest BCUT2D eigenvalue weighted by molar-refractivity contribution is 5.85. The molecule has 0 aliphatic carbocycles. The molecule has 2 heterocycles. The molecule has 3 heteroatoms. The van der Waals surface area contributed by atoms with Crippen molar-refractivity contribution in [2.24, 2.45) is 4.99 Å². The Morgan fingerprint density at radius 3 is 2.57 bits per heavy atom. The predicted molar refractivity (Wildman–Crippen MR) is 59.4 cm³/mol. The van der Waals surface area contributed by atoms with Crippen molar-refractivity contribution >= 4 is 5.84 Å². The van der Waals surface area contributed by atoms with Gasteiger partial charge in [0.15, 0.2) is 0 Å². The third-order valence-corrected chi connectivity index (χ3v) is 1.98. The Morgan fingerprint density at radius 2 is 2.07 bits per heavy atom. The second kappa shape index (κ2) is 5.37. The van der Waals surface area contributed by atoms with Gasteiger partial charge in [0.05, 0.1) is 0 Å². The van der Waals surface area contributed by atoms with Gasteiger partial charge in [0, 0.05) is 25.0 Å². The summed E-state index contributed by atoms with van der Waals surface area (Å²) in [5.41, 5.74) is 1.35. The third kappa shape index (κ3) is 2.55. The molecule has 0 spiro atoms. The van der Waals surface area contributed by atoms with Crippen molar-refractivity contribution in [3.8, 4) is 0 Å². The van der Waals surface area contributed by atoms with E-state index >= 15 is 0 Å². The molecule has 0 saturated heterocycles. The minimum Gasteiger partial charge on any atom is -0.294 e. The van der Waals surface area contributed by atoms with Gasteiger partial charge >= 0.3 is 0 Å². The van der Waals surface area contributed by atoms with Gasteiger partial charge in [-0.3, -0.25) is 4.57 Å². The van der Waals surface area contributed by atoms with Gasteiger partial charge in [0.1, 0.15) is 12.2 Å². The summed E-state index contributed by atoms with van der Waals surface area (Å²) in [6.45, 7) is 6.11. The van der Waals surface area contributed by atoms with Crippen molar-refractivity contribution in [3.63, 3.8) is 0 Å². The maximum atomic E-state index is 4.33. The molecule has 0 unspecified atom stereocenters. The zero-order valence-corrected chi connectivity index (χ0v) is 9.07. The normalized spacial score (nSPS) is 15.1. The van der Waals surface area contributed by atoms with E-state index in [1.807, 2.05) is 30.8 Å². The van der Waals surface area contributed by atoms with Crippen LogP contribution in [-0.4, -0.2) is 15.4 Å². The molecule has 3 nitrogen and oxygen atoms in total. The summed E-state index contributed by atoms with van der Waals surface area (Å²) < 4.78 is 1.96. The highest BCUT2D eigenvalue weighted by atomic mass is 15.1. The maximum Gasteiger partial charge on any atom is 0.114 e. The lowest BCUT2D eigenvalue weighted by Gasteiger charge is -2.10. The van der Waals surface area contributed by atoms with E-state index in [0.29, 0.717) is 0 Å². The van der Waals surface area contributed by atoms with Gasteiger partial charge in [-0.25, -0.2) is 9.98 Å². The van der Waals surface area contributed by atoms with Crippen LogP contribution >= 0.6 is 0 Å². The molecule has 0 N–H and O–H groups in total. The molecule has 2 rings (SSSR count). The number of nitrogens with zero attached hydrogens (tertiary/aromatic N) is 3. The second-order valence-electron chi connectivity index (χ2n) is 2.99. The van der Waals surface area contributed by atoms with Gasteiger partial charge < -0.3 is 0 Å². The number of hydrogen-bond acceptors (Lipinski definition) is 2. The minimum atomic E-state index is 1.01.